The van der Waals surface area contributed by atoms with Gasteiger partial charge < -0.3 is 10.2 Å². The summed E-state index contributed by atoms with van der Waals surface area (Å²) in [6, 6.07) is 0. The highest BCUT2D eigenvalue weighted by atomic mass is 16.3. The van der Waals surface area contributed by atoms with E-state index in [0.717, 1.165) is 37.7 Å². The van der Waals surface area contributed by atoms with Gasteiger partial charge in [-0.25, -0.2) is 0 Å². The molecule has 0 heterocycles. The molecule has 2 saturated carbocycles. The molecule has 2 nitrogen and oxygen atoms in total. The van der Waals surface area contributed by atoms with E-state index in [9.17, 15) is 10.2 Å². The van der Waals surface area contributed by atoms with Crippen LogP contribution in [0.25, 0.3) is 0 Å². The van der Waals surface area contributed by atoms with E-state index in [1.54, 1.807) is 0 Å². The average molecular weight is 238 g/mol. The second-order valence-corrected chi connectivity index (χ2v) is 6.80. The quantitative estimate of drug-likeness (QED) is 0.690. The van der Waals surface area contributed by atoms with Crippen molar-refractivity contribution in [2.45, 2.75) is 64.6 Å². The number of aliphatic hydroxyl groups is 2. The maximum Gasteiger partial charge on any atom is 0.0654 e. The summed E-state index contributed by atoms with van der Waals surface area (Å²) in [5, 5.41) is 21.1. The van der Waals surface area contributed by atoms with Crippen LogP contribution in [0, 0.1) is 17.3 Å². The van der Waals surface area contributed by atoms with Crippen molar-refractivity contribution in [3.63, 3.8) is 0 Å². The first-order chi connectivity index (χ1) is 7.77. The minimum atomic E-state index is -0.623. The molecule has 0 amide bonds. The monoisotopic (exact) mass is 238 g/mol. The van der Waals surface area contributed by atoms with Gasteiger partial charge >= 0.3 is 0 Å². The molecule has 98 valence electrons. The molecule has 5 atom stereocenters. The number of rotatable bonds is 1. The smallest absolute Gasteiger partial charge is 0.0654 e. The summed E-state index contributed by atoms with van der Waals surface area (Å²) in [6.07, 6.45) is 4.43. The van der Waals surface area contributed by atoms with Crippen molar-refractivity contribution in [2.75, 3.05) is 0 Å². The van der Waals surface area contributed by atoms with Crippen LogP contribution in [0.15, 0.2) is 12.2 Å². The molecule has 2 aliphatic carbocycles. The van der Waals surface area contributed by atoms with Gasteiger partial charge in [0.2, 0.25) is 0 Å². The largest absolute Gasteiger partial charge is 0.393 e. The summed E-state index contributed by atoms with van der Waals surface area (Å²) < 4.78 is 0. The summed E-state index contributed by atoms with van der Waals surface area (Å²) in [7, 11) is 0. The first kappa shape index (κ1) is 13.1. The first-order valence-electron chi connectivity index (χ1n) is 6.83. The van der Waals surface area contributed by atoms with Crippen LogP contribution in [0.3, 0.4) is 0 Å². The van der Waals surface area contributed by atoms with E-state index < -0.39 is 5.60 Å². The second kappa shape index (κ2) is 4.10. The Morgan fingerprint density at radius 3 is 2.47 bits per heavy atom. The molecule has 0 aromatic carbocycles. The summed E-state index contributed by atoms with van der Waals surface area (Å²) in [4.78, 5) is 0. The molecule has 2 N–H and O–H groups in total. The zero-order chi connectivity index (χ0) is 12.8. The Labute approximate surface area is 105 Å². The molecule has 0 spiro atoms. The van der Waals surface area contributed by atoms with Gasteiger partial charge in [0.05, 0.1) is 11.7 Å². The lowest BCUT2D eigenvalue weighted by atomic mass is 9.52. The van der Waals surface area contributed by atoms with Gasteiger partial charge in [0, 0.05) is 0 Å². The van der Waals surface area contributed by atoms with E-state index in [1.807, 2.05) is 13.8 Å². The van der Waals surface area contributed by atoms with Crippen molar-refractivity contribution in [3.05, 3.63) is 12.2 Å². The van der Waals surface area contributed by atoms with Gasteiger partial charge in [-0.05, 0) is 63.2 Å². The Kier molecular flexibility index (Phi) is 3.16. The molecular weight excluding hydrogens is 212 g/mol. The number of fused-ring (bicyclic) bond motifs is 1. The van der Waals surface area contributed by atoms with Crippen molar-refractivity contribution in [1.29, 1.82) is 0 Å². The van der Waals surface area contributed by atoms with E-state index in [0.29, 0.717) is 5.92 Å². The number of hydrogen-bond acceptors (Lipinski definition) is 2. The van der Waals surface area contributed by atoms with Crippen LogP contribution in [-0.4, -0.2) is 21.9 Å². The van der Waals surface area contributed by atoms with Crippen LogP contribution >= 0.6 is 0 Å². The van der Waals surface area contributed by atoms with Crippen LogP contribution in [0.5, 0.6) is 0 Å². The van der Waals surface area contributed by atoms with E-state index in [2.05, 4.69) is 13.5 Å². The fraction of sp³-hybridized carbons (Fsp3) is 0.867. The maximum atomic E-state index is 10.6. The van der Waals surface area contributed by atoms with Gasteiger partial charge in [-0.3, -0.25) is 0 Å². The van der Waals surface area contributed by atoms with Crippen molar-refractivity contribution in [2.24, 2.45) is 17.3 Å². The Morgan fingerprint density at radius 2 is 1.88 bits per heavy atom. The lowest BCUT2D eigenvalue weighted by Crippen LogP contribution is -2.57. The standard InChI is InChI=1S/C15H26O2/c1-10(2)11-8-12-14(3,13(16)9-11)6-5-7-15(12,4)17/h11-13,16-17H,1,5-9H2,2-4H3. The zero-order valence-corrected chi connectivity index (χ0v) is 11.4. The molecule has 5 unspecified atom stereocenters. The van der Waals surface area contributed by atoms with Crippen LogP contribution in [0.1, 0.15) is 52.9 Å². The third kappa shape index (κ3) is 2.06. The van der Waals surface area contributed by atoms with Crippen LogP contribution in [-0.2, 0) is 0 Å². The topological polar surface area (TPSA) is 40.5 Å². The van der Waals surface area contributed by atoms with Crippen molar-refractivity contribution < 1.29 is 10.2 Å². The molecule has 0 aromatic heterocycles. The van der Waals surface area contributed by atoms with Gasteiger partial charge in [0.25, 0.3) is 0 Å². The third-order valence-electron chi connectivity index (χ3n) is 5.43. The Morgan fingerprint density at radius 1 is 1.24 bits per heavy atom. The molecule has 17 heavy (non-hydrogen) atoms. The second-order valence-electron chi connectivity index (χ2n) is 6.80. The third-order valence-corrected chi connectivity index (χ3v) is 5.43. The predicted octanol–water partition coefficient (Wildman–Crippen LogP) is 2.89. The Bertz CT molecular complexity index is 321. The van der Waals surface area contributed by atoms with Gasteiger partial charge in [-0.2, -0.15) is 0 Å². The number of aliphatic hydroxyl groups excluding tert-OH is 1. The van der Waals surface area contributed by atoms with Crippen molar-refractivity contribution >= 4 is 0 Å². The molecule has 0 aliphatic heterocycles. The summed E-state index contributed by atoms with van der Waals surface area (Å²) >= 11 is 0. The molecule has 2 rings (SSSR count). The molecule has 2 heteroatoms. The molecule has 2 aliphatic rings. The lowest BCUT2D eigenvalue weighted by molar-refractivity contribution is -0.167. The van der Waals surface area contributed by atoms with E-state index >= 15 is 0 Å². The molecule has 0 radical (unpaired) electrons. The van der Waals surface area contributed by atoms with Crippen LogP contribution in [0.4, 0.5) is 0 Å². The van der Waals surface area contributed by atoms with Crippen molar-refractivity contribution in [3.8, 4) is 0 Å². The molecule has 0 saturated heterocycles. The fourth-order valence-electron chi connectivity index (χ4n) is 4.13. The highest BCUT2D eigenvalue weighted by Gasteiger charge is 2.54. The summed E-state index contributed by atoms with van der Waals surface area (Å²) in [6.45, 7) is 10.2. The predicted molar refractivity (Wildman–Crippen MR) is 69.6 cm³/mol. The minimum Gasteiger partial charge on any atom is -0.393 e. The Hall–Kier alpha value is -0.340. The van der Waals surface area contributed by atoms with Gasteiger partial charge in [-0.15, -0.1) is 0 Å². The molecule has 0 aromatic rings. The fourth-order valence-corrected chi connectivity index (χ4v) is 4.13. The molecular formula is C15H26O2. The van der Waals surface area contributed by atoms with Crippen molar-refractivity contribution in [1.82, 2.24) is 0 Å². The molecule has 0 bridgehead atoms. The Balaban J connectivity index is 2.30. The van der Waals surface area contributed by atoms with Gasteiger partial charge in [0.1, 0.15) is 0 Å². The number of allylic oxidation sites excluding steroid dienone is 1. The summed E-state index contributed by atoms with van der Waals surface area (Å²) in [5.41, 5.74) is 0.419. The van der Waals surface area contributed by atoms with E-state index in [4.69, 9.17) is 0 Å². The van der Waals surface area contributed by atoms with Crippen LogP contribution in [0.2, 0.25) is 0 Å². The minimum absolute atomic E-state index is 0.103. The van der Waals surface area contributed by atoms with Gasteiger partial charge in [0.15, 0.2) is 0 Å². The van der Waals surface area contributed by atoms with Gasteiger partial charge in [-0.1, -0.05) is 19.1 Å². The van der Waals surface area contributed by atoms with E-state index in [1.165, 1.54) is 0 Å². The van der Waals surface area contributed by atoms with E-state index in [-0.39, 0.29) is 17.4 Å². The lowest BCUT2D eigenvalue weighted by Gasteiger charge is -2.56. The SMILES string of the molecule is C=C(C)C1CC(O)C2(C)CCCC(C)(O)C2C1. The highest BCUT2D eigenvalue weighted by Crippen LogP contribution is 2.56. The first-order valence-corrected chi connectivity index (χ1v) is 6.83. The van der Waals surface area contributed by atoms with Crippen LogP contribution < -0.4 is 0 Å². The maximum absolute atomic E-state index is 10.6. The summed E-state index contributed by atoms with van der Waals surface area (Å²) in [5.74, 6) is 0.571. The number of hydrogen-bond donors (Lipinski definition) is 2. The zero-order valence-electron chi connectivity index (χ0n) is 11.4. The average Bonchev–Trinajstić information content (AvgIpc) is 2.19. The molecule has 2 fully saturated rings. The highest BCUT2D eigenvalue weighted by molar-refractivity contribution is 5.10. The normalized spacial score (nSPS) is 50.8.